The van der Waals surface area contributed by atoms with Gasteiger partial charge in [0, 0.05) is 5.41 Å². The van der Waals surface area contributed by atoms with Crippen molar-refractivity contribution in [3.8, 4) is 23.0 Å². The molecule has 6 heteroatoms. The fourth-order valence-electron chi connectivity index (χ4n) is 3.86. The molecule has 0 atom stereocenters. The lowest BCUT2D eigenvalue weighted by Crippen LogP contribution is -2.20. The molecule has 0 saturated heterocycles. The second kappa shape index (κ2) is 11.0. The molecule has 0 N–H and O–H groups in total. The molecule has 0 bridgehead atoms. The number of carbonyl (C=O) groups excluding carboxylic acids is 2. The zero-order valence-electron chi connectivity index (χ0n) is 21.2. The molecule has 4 rings (SSSR count). The van der Waals surface area contributed by atoms with Gasteiger partial charge < -0.3 is 18.9 Å². The zero-order valence-corrected chi connectivity index (χ0v) is 21.2. The van der Waals surface area contributed by atoms with E-state index in [-0.39, 0.29) is 5.41 Å². The Hall–Kier alpha value is -4.58. The Morgan fingerprint density at radius 3 is 1.27 bits per heavy atom. The third-order valence-electron chi connectivity index (χ3n) is 6.07. The first-order valence-corrected chi connectivity index (χ1v) is 11.8. The van der Waals surface area contributed by atoms with Crippen LogP contribution in [-0.4, -0.2) is 12.3 Å². The van der Waals surface area contributed by atoms with Gasteiger partial charge in [-0.25, -0.2) is 9.59 Å². The Labute approximate surface area is 216 Å². The Balaban J connectivity index is 1.45. The highest BCUT2D eigenvalue weighted by Gasteiger charge is 2.25. The van der Waals surface area contributed by atoms with E-state index in [4.69, 9.17) is 18.9 Å². The second-order valence-corrected chi connectivity index (χ2v) is 9.12. The fraction of sp³-hybridized carbons (Fsp3) is 0.161. The molecule has 0 radical (unpaired) electrons. The van der Waals surface area contributed by atoms with Gasteiger partial charge in [-0.15, -0.1) is 0 Å². The third kappa shape index (κ3) is 6.35. The molecule has 0 amide bonds. The predicted molar refractivity (Wildman–Crippen MR) is 141 cm³/mol. The quantitative estimate of drug-likeness (QED) is 0.200. The van der Waals surface area contributed by atoms with E-state index in [2.05, 4.69) is 13.8 Å². The van der Waals surface area contributed by atoms with Crippen LogP contribution in [0.25, 0.3) is 0 Å². The van der Waals surface area contributed by atoms with Crippen LogP contribution in [-0.2, 0) is 5.41 Å². The minimum absolute atomic E-state index is 0.373. The Morgan fingerprint density at radius 2 is 0.919 bits per heavy atom. The molecule has 0 saturated carbocycles. The number of hydrogen-bond acceptors (Lipinski definition) is 6. The van der Waals surface area contributed by atoms with E-state index < -0.39 is 12.3 Å². The second-order valence-electron chi connectivity index (χ2n) is 9.12. The average molecular weight is 497 g/mol. The zero-order chi connectivity index (χ0) is 26.4. The first-order chi connectivity index (χ1) is 17.7. The van der Waals surface area contributed by atoms with Crippen molar-refractivity contribution in [3.63, 3.8) is 0 Å². The van der Waals surface area contributed by atoms with Gasteiger partial charge in [0.1, 0.15) is 23.0 Å². The lowest BCUT2D eigenvalue weighted by Gasteiger charge is -2.27. The van der Waals surface area contributed by atoms with Crippen LogP contribution in [0, 0.1) is 13.8 Å². The van der Waals surface area contributed by atoms with Crippen molar-refractivity contribution in [2.24, 2.45) is 0 Å². The largest absolute Gasteiger partial charge is 0.519 e. The molecule has 0 aliphatic carbocycles. The van der Waals surface area contributed by atoms with Gasteiger partial charge in [0.15, 0.2) is 0 Å². The summed E-state index contributed by atoms with van der Waals surface area (Å²) in [6.45, 7) is 7.96. The van der Waals surface area contributed by atoms with Crippen LogP contribution in [0.2, 0.25) is 0 Å². The van der Waals surface area contributed by atoms with Gasteiger partial charge in [0.25, 0.3) is 0 Å². The van der Waals surface area contributed by atoms with Crippen molar-refractivity contribution >= 4 is 12.3 Å². The van der Waals surface area contributed by atoms with E-state index in [1.54, 1.807) is 60.7 Å². The van der Waals surface area contributed by atoms with Crippen molar-refractivity contribution < 1.29 is 28.5 Å². The maximum atomic E-state index is 12.2. The van der Waals surface area contributed by atoms with Crippen molar-refractivity contribution in [2.45, 2.75) is 33.1 Å². The summed E-state index contributed by atoms with van der Waals surface area (Å²) in [7, 11) is 0. The van der Waals surface area contributed by atoms with Gasteiger partial charge in [-0.05, 0) is 72.5 Å². The fourth-order valence-corrected chi connectivity index (χ4v) is 3.86. The van der Waals surface area contributed by atoms with Crippen LogP contribution < -0.4 is 18.9 Å². The molecule has 0 aliphatic heterocycles. The Kier molecular flexibility index (Phi) is 7.58. The maximum absolute atomic E-state index is 12.2. The van der Waals surface area contributed by atoms with Gasteiger partial charge in [-0.1, -0.05) is 74.5 Å². The molecule has 0 fully saturated rings. The highest BCUT2D eigenvalue weighted by atomic mass is 16.7. The summed E-state index contributed by atoms with van der Waals surface area (Å²) in [6, 6.07) is 28.9. The molecule has 188 valence electrons. The molecule has 0 unspecified atom stereocenters. The normalized spacial score (nSPS) is 10.9. The summed E-state index contributed by atoms with van der Waals surface area (Å²) in [5.74, 6) is 1.69. The highest BCUT2D eigenvalue weighted by molar-refractivity contribution is 5.68. The standard InChI is InChI=1S/C31H28O6/c1-21-19-23(15-17-27(21)36-29(32)34-25-11-7-5-8-12-25)31(3,4)24-16-18-28(22(2)20-24)37-30(33)35-26-13-9-6-10-14-26/h5-20H,1-4H3. The van der Waals surface area contributed by atoms with E-state index in [0.717, 1.165) is 22.3 Å². The minimum atomic E-state index is -0.793. The van der Waals surface area contributed by atoms with E-state index in [9.17, 15) is 9.59 Å². The number of ether oxygens (including phenoxy) is 4. The van der Waals surface area contributed by atoms with Crippen molar-refractivity contribution in [1.82, 2.24) is 0 Å². The van der Waals surface area contributed by atoms with Crippen LogP contribution in [0.4, 0.5) is 9.59 Å². The highest BCUT2D eigenvalue weighted by Crippen LogP contribution is 2.36. The summed E-state index contributed by atoms with van der Waals surface area (Å²) in [5.41, 5.74) is 3.30. The molecule has 37 heavy (non-hydrogen) atoms. The number of benzene rings is 4. The number of para-hydroxylation sites is 2. The maximum Gasteiger partial charge on any atom is 0.519 e. The van der Waals surface area contributed by atoms with Crippen molar-refractivity contribution in [3.05, 3.63) is 119 Å². The van der Waals surface area contributed by atoms with Crippen LogP contribution >= 0.6 is 0 Å². The topological polar surface area (TPSA) is 71.1 Å². The van der Waals surface area contributed by atoms with Crippen molar-refractivity contribution in [1.29, 1.82) is 0 Å². The summed E-state index contributed by atoms with van der Waals surface area (Å²) in [6.07, 6.45) is -1.59. The van der Waals surface area contributed by atoms with Crippen LogP contribution in [0.15, 0.2) is 97.1 Å². The summed E-state index contributed by atoms with van der Waals surface area (Å²) >= 11 is 0. The van der Waals surface area contributed by atoms with Gasteiger partial charge in [-0.3, -0.25) is 0 Å². The number of rotatable bonds is 6. The van der Waals surface area contributed by atoms with Crippen molar-refractivity contribution in [2.75, 3.05) is 0 Å². The Bertz CT molecular complexity index is 1290. The number of hydrogen-bond donors (Lipinski definition) is 0. The lowest BCUT2D eigenvalue weighted by atomic mass is 9.77. The third-order valence-corrected chi connectivity index (χ3v) is 6.07. The number of aryl methyl sites for hydroxylation is 2. The summed E-state index contributed by atoms with van der Waals surface area (Å²) in [5, 5.41) is 0. The first kappa shape index (κ1) is 25.5. The SMILES string of the molecule is Cc1cc(C(C)(C)c2ccc(OC(=O)Oc3ccccc3)c(C)c2)ccc1OC(=O)Oc1ccccc1. The van der Waals surface area contributed by atoms with Gasteiger partial charge >= 0.3 is 12.3 Å². The Morgan fingerprint density at radius 1 is 0.541 bits per heavy atom. The van der Waals surface area contributed by atoms with Gasteiger partial charge in [-0.2, -0.15) is 0 Å². The van der Waals surface area contributed by atoms with E-state index in [0.29, 0.717) is 23.0 Å². The van der Waals surface area contributed by atoms with Crippen LogP contribution in [0.5, 0.6) is 23.0 Å². The molecule has 4 aromatic carbocycles. The molecule has 0 spiro atoms. The van der Waals surface area contributed by atoms with E-state index in [1.165, 1.54) is 0 Å². The van der Waals surface area contributed by atoms with Crippen LogP contribution in [0.3, 0.4) is 0 Å². The van der Waals surface area contributed by atoms with Gasteiger partial charge in [0.2, 0.25) is 0 Å². The molecular weight excluding hydrogens is 468 g/mol. The molecule has 0 aromatic heterocycles. The molecule has 0 aliphatic rings. The molecule has 4 aromatic rings. The van der Waals surface area contributed by atoms with Crippen LogP contribution in [0.1, 0.15) is 36.1 Å². The summed E-state index contributed by atoms with van der Waals surface area (Å²) < 4.78 is 21.3. The summed E-state index contributed by atoms with van der Waals surface area (Å²) in [4.78, 5) is 24.4. The average Bonchev–Trinajstić information content (AvgIpc) is 2.87. The first-order valence-electron chi connectivity index (χ1n) is 11.8. The number of carbonyl (C=O) groups is 2. The molecule has 0 heterocycles. The molecule has 6 nitrogen and oxygen atoms in total. The smallest absolute Gasteiger partial charge is 0.395 e. The van der Waals surface area contributed by atoms with E-state index in [1.807, 2.05) is 50.2 Å². The van der Waals surface area contributed by atoms with E-state index >= 15 is 0 Å². The minimum Gasteiger partial charge on any atom is -0.395 e. The monoisotopic (exact) mass is 496 g/mol. The predicted octanol–water partition coefficient (Wildman–Crippen LogP) is 7.78. The van der Waals surface area contributed by atoms with Gasteiger partial charge in [0.05, 0.1) is 0 Å². The lowest BCUT2D eigenvalue weighted by molar-refractivity contribution is 0.150. The molecular formula is C31H28O6.